The van der Waals surface area contributed by atoms with Crippen LogP contribution in [0.1, 0.15) is 25.3 Å². The summed E-state index contributed by atoms with van der Waals surface area (Å²) >= 11 is 0. The predicted octanol–water partition coefficient (Wildman–Crippen LogP) is 1.88. The Balaban J connectivity index is 1.71. The SMILES string of the molecule is CCOC(=O)C[C@@H]1O[C@H](COCc2ccccc2)CC1=O. The van der Waals surface area contributed by atoms with Gasteiger partial charge < -0.3 is 14.2 Å². The summed E-state index contributed by atoms with van der Waals surface area (Å²) in [6.45, 7) is 2.87. The first kappa shape index (κ1) is 15.7. The summed E-state index contributed by atoms with van der Waals surface area (Å²) < 4.78 is 15.9. The molecule has 1 heterocycles. The summed E-state index contributed by atoms with van der Waals surface area (Å²) in [6, 6.07) is 9.80. The second kappa shape index (κ2) is 7.90. The fraction of sp³-hybridized carbons (Fsp3) is 0.500. The molecule has 5 nitrogen and oxygen atoms in total. The van der Waals surface area contributed by atoms with Gasteiger partial charge >= 0.3 is 5.97 Å². The van der Waals surface area contributed by atoms with Crippen LogP contribution in [0, 0.1) is 0 Å². The first-order chi connectivity index (χ1) is 10.2. The maximum atomic E-state index is 11.8. The number of carbonyl (C=O) groups is 2. The van der Waals surface area contributed by atoms with Crippen molar-refractivity contribution in [3.05, 3.63) is 35.9 Å². The van der Waals surface area contributed by atoms with Crippen LogP contribution in [-0.4, -0.2) is 37.2 Å². The summed E-state index contributed by atoms with van der Waals surface area (Å²) in [4.78, 5) is 23.1. The largest absolute Gasteiger partial charge is 0.466 e. The van der Waals surface area contributed by atoms with Gasteiger partial charge in [-0.1, -0.05) is 30.3 Å². The summed E-state index contributed by atoms with van der Waals surface area (Å²) in [5.41, 5.74) is 1.07. The number of rotatable bonds is 7. The lowest BCUT2D eigenvalue weighted by Gasteiger charge is -2.12. The van der Waals surface area contributed by atoms with Crippen molar-refractivity contribution >= 4 is 11.8 Å². The molecule has 1 aliphatic rings. The first-order valence-corrected chi connectivity index (χ1v) is 7.14. The lowest BCUT2D eigenvalue weighted by molar-refractivity contribution is -0.148. The van der Waals surface area contributed by atoms with Crippen LogP contribution in [0.2, 0.25) is 0 Å². The molecule has 0 saturated carbocycles. The van der Waals surface area contributed by atoms with Crippen LogP contribution < -0.4 is 0 Å². The number of hydrogen-bond donors (Lipinski definition) is 0. The highest BCUT2D eigenvalue weighted by Crippen LogP contribution is 2.20. The molecule has 2 atom stereocenters. The van der Waals surface area contributed by atoms with E-state index in [1.165, 1.54) is 0 Å². The molecule has 0 aromatic heterocycles. The van der Waals surface area contributed by atoms with Gasteiger partial charge in [-0.05, 0) is 12.5 Å². The predicted molar refractivity (Wildman–Crippen MR) is 75.6 cm³/mol. The summed E-state index contributed by atoms with van der Waals surface area (Å²) in [6.07, 6.45) is -0.684. The zero-order valence-electron chi connectivity index (χ0n) is 12.1. The number of benzene rings is 1. The average molecular weight is 292 g/mol. The van der Waals surface area contributed by atoms with E-state index in [1.807, 2.05) is 30.3 Å². The highest BCUT2D eigenvalue weighted by Gasteiger charge is 2.35. The van der Waals surface area contributed by atoms with Crippen LogP contribution in [0.25, 0.3) is 0 Å². The van der Waals surface area contributed by atoms with Gasteiger partial charge in [0.1, 0.15) is 6.10 Å². The Labute approximate surface area is 124 Å². The molecule has 1 aromatic carbocycles. The van der Waals surface area contributed by atoms with Crippen molar-refractivity contribution in [2.45, 2.75) is 38.6 Å². The second-order valence-electron chi connectivity index (χ2n) is 4.93. The Morgan fingerprint density at radius 1 is 1.33 bits per heavy atom. The lowest BCUT2D eigenvalue weighted by atomic mass is 10.1. The van der Waals surface area contributed by atoms with Crippen LogP contribution >= 0.6 is 0 Å². The Morgan fingerprint density at radius 2 is 2.10 bits per heavy atom. The molecule has 0 spiro atoms. The van der Waals surface area contributed by atoms with Gasteiger partial charge in [-0.25, -0.2) is 0 Å². The van der Waals surface area contributed by atoms with Crippen LogP contribution in [0.4, 0.5) is 0 Å². The molecule has 21 heavy (non-hydrogen) atoms. The highest BCUT2D eigenvalue weighted by atomic mass is 16.6. The molecule has 2 rings (SSSR count). The minimum atomic E-state index is -0.686. The van der Waals surface area contributed by atoms with Gasteiger partial charge in [0.05, 0.1) is 32.3 Å². The van der Waals surface area contributed by atoms with Gasteiger partial charge in [-0.3, -0.25) is 9.59 Å². The van der Waals surface area contributed by atoms with Crippen LogP contribution in [0.5, 0.6) is 0 Å². The molecule has 5 heteroatoms. The molecule has 0 unspecified atom stereocenters. The van der Waals surface area contributed by atoms with Crippen LogP contribution in [0.3, 0.4) is 0 Å². The third kappa shape index (κ3) is 4.95. The van der Waals surface area contributed by atoms with Gasteiger partial charge in [0, 0.05) is 6.42 Å². The highest BCUT2D eigenvalue weighted by molar-refractivity contribution is 5.89. The van der Waals surface area contributed by atoms with Crippen molar-refractivity contribution in [1.29, 1.82) is 0 Å². The molecular weight excluding hydrogens is 272 g/mol. The second-order valence-corrected chi connectivity index (χ2v) is 4.93. The van der Waals surface area contributed by atoms with Gasteiger partial charge in [0.15, 0.2) is 5.78 Å². The Kier molecular flexibility index (Phi) is 5.90. The summed E-state index contributed by atoms with van der Waals surface area (Å²) in [5.74, 6) is -0.460. The van der Waals surface area contributed by atoms with E-state index in [0.717, 1.165) is 5.56 Å². The standard InChI is InChI=1S/C16H20O5/c1-2-20-16(18)9-15-14(17)8-13(21-15)11-19-10-12-6-4-3-5-7-12/h3-7,13,15H,2,8-11H2,1H3/t13-,15-/m0/s1. The fourth-order valence-electron chi connectivity index (χ4n) is 2.23. The van der Waals surface area contributed by atoms with Gasteiger partial charge in [0.2, 0.25) is 0 Å². The summed E-state index contributed by atoms with van der Waals surface area (Å²) in [5, 5.41) is 0. The van der Waals surface area contributed by atoms with Gasteiger partial charge in [-0.15, -0.1) is 0 Å². The van der Waals surface area contributed by atoms with Gasteiger partial charge in [-0.2, -0.15) is 0 Å². The van der Waals surface area contributed by atoms with E-state index in [-0.39, 0.29) is 18.3 Å². The van der Waals surface area contributed by atoms with Crippen molar-refractivity contribution in [3.8, 4) is 0 Å². The monoisotopic (exact) mass is 292 g/mol. The minimum Gasteiger partial charge on any atom is -0.466 e. The zero-order valence-corrected chi connectivity index (χ0v) is 12.1. The van der Waals surface area contributed by atoms with E-state index >= 15 is 0 Å². The van der Waals surface area contributed by atoms with Crippen molar-refractivity contribution < 1.29 is 23.8 Å². The number of Topliss-reactive ketones (excluding diaryl/α,β-unsaturated/α-hetero) is 1. The molecule has 1 aliphatic heterocycles. The third-order valence-electron chi connectivity index (χ3n) is 3.22. The maximum Gasteiger partial charge on any atom is 0.308 e. The molecule has 0 aliphatic carbocycles. The van der Waals surface area contributed by atoms with E-state index < -0.39 is 12.1 Å². The molecule has 1 aromatic rings. The van der Waals surface area contributed by atoms with Crippen LogP contribution in [-0.2, 0) is 30.4 Å². The summed E-state index contributed by atoms with van der Waals surface area (Å²) in [7, 11) is 0. The van der Waals surface area contributed by atoms with Crippen molar-refractivity contribution in [2.75, 3.05) is 13.2 Å². The van der Waals surface area contributed by atoms with E-state index in [2.05, 4.69) is 0 Å². The molecule has 1 saturated heterocycles. The van der Waals surface area contributed by atoms with Crippen LogP contribution in [0.15, 0.2) is 30.3 Å². The normalized spacial score (nSPS) is 21.5. The Hall–Kier alpha value is -1.72. The molecule has 0 amide bonds. The van der Waals surface area contributed by atoms with E-state index in [0.29, 0.717) is 26.2 Å². The topological polar surface area (TPSA) is 61.8 Å². The molecule has 0 bridgehead atoms. The molecule has 1 fully saturated rings. The Bertz CT molecular complexity index is 471. The number of hydrogen-bond acceptors (Lipinski definition) is 5. The molecular formula is C16H20O5. The fourth-order valence-corrected chi connectivity index (χ4v) is 2.23. The van der Waals surface area contributed by atoms with Crippen molar-refractivity contribution in [1.82, 2.24) is 0 Å². The number of esters is 1. The Morgan fingerprint density at radius 3 is 2.81 bits per heavy atom. The van der Waals surface area contributed by atoms with Gasteiger partial charge in [0.25, 0.3) is 0 Å². The molecule has 114 valence electrons. The smallest absolute Gasteiger partial charge is 0.308 e. The van der Waals surface area contributed by atoms with E-state index in [1.54, 1.807) is 6.92 Å². The first-order valence-electron chi connectivity index (χ1n) is 7.14. The molecule has 0 radical (unpaired) electrons. The average Bonchev–Trinajstić information content (AvgIpc) is 2.80. The third-order valence-corrected chi connectivity index (χ3v) is 3.22. The maximum absolute atomic E-state index is 11.8. The number of ether oxygens (including phenoxy) is 3. The van der Waals surface area contributed by atoms with E-state index in [9.17, 15) is 9.59 Å². The quantitative estimate of drug-likeness (QED) is 0.718. The molecule has 0 N–H and O–H groups in total. The van der Waals surface area contributed by atoms with Crippen molar-refractivity contribution in [3.63, 3.8) is 0 Å². The number of ketones is 1. The zero-order chi connectivity index (χ0) is 15.1. The lowest BCUT2D eigenvalue weighted by Crippen LogP contribution is -2.22. The number of carbonyl (C=O) groups excluding carboxylic acids is 2. The van der Waals surface area contributed by atoms with E-state index in [4.69, 9.17) is 14.2 Å². The minimum absolute atomic E-state index is 0.0120. The van der Waals surface area contributed by atoms with Crippen molar-refractivity contribution in [2.24, 2.45) is 0 Å².